The number of hydrogen-bond donors (Lipinski definition) is 2. The summed E-state index contributed by atoms with van der Waals surface area (Å²) in [5.74, 6) is 0.432. The van der Waals surface area contributed by atoms with Crippen LogP contribution in [-0.4, -0.2) is 29.3 Å². The van der Waals surface area contributed by atoms with E-state index in [1.165, 1.54) is 31.2 Å². The highest BCUT2D eigenvalue weighted by Crippen LogP contribution is 2.34. The van der Waals surface area contributed by atoms with Gasteiger partial charge >= 0.3 is 0 Å². The Bertz CT molecular complexity index is 1030. The fraction of sp³-hybridized carbons (Fsp3) is 0.429. The van der Waals surface area contributed by atoms with E-state index in [9.17, 15) is 9.59 Å². The molecular formula is C28H35N3O3. The van der Waals surface area contributed by atoms with Crippen LogP contribution in [0.2, 0.25) is 0 Å². The number of fused-ring (bicyclic) bond motifs is 1. The van der Waals surface area contributed by atoms with Crippen LogP contribution < -0.4 is 15.4 Å². The molecule has 2 N–H and O–H groups in total. The Morgan fingerprint density at radius 2 is 1.88 bits per heavy atom. The molecule has 2 amide bonds. The molecule has 0 radical (unpaired) electrons. The number of ether oxygens (including phenoxy) is 1. The van der Waals surface area contributed by atoms with Crippen molar-refractivity contribution in [3.63, 3.8) is 0 Å². The summed E-state index contributed by atoms with van der Waals surface area (Å²) >= 11 is 0. The van der Waals surface area contributed by atoms with E-state index in [1.54, 1.807) is 4.90 Å². The van der Waals surface area contributed by atoms with Crippen LogP contribution in [0.25, 0.3) is 0 Å². The van der Waals surface area contributed by atoms with E-state index in [4.69, 9.17) is 4.74 Å². The zero-order valence-electron chi connectivity index (χ0n) is 20.1. The first-order valence-electron chi connectivity index (χ1n) is 12.4. The Labute approximate surface area is 202 Å². The van der Waals surface area contributed by atoms with Crippen LogP contribution in [0, 0.1) is 0 Å². The molecule has 6 heteroatoms. The SMILES string of the molecule is C=C1CCC(N2Cc3c(OCc4ccc(CNCCCCCC)cc4)cccc3C2=O)C(=O)N1. The number of carbonyl (C=O) groups is 2. The average molecular weight is 462 g/mol. The van der Waals surface area contributed by atoms with Gasteiger partial charge in [-0.05, 0) is 49.1 Å². The molecule has 1 saturated heterocycles. The summed E-state index contributed by atoms with van der Waals surface area (Å²) in [4.78, 5) is 27.1. The van der Waals surface area contributed by atoms with Crippen LogP contribution in [0.3, 0.4) is 0 Å². The second-order valence-corrected chi connectivity index (χ2v) is 9.21. The number of rotatable bonds is 11. The van der Waals surface area contributed by atoms with E-state index < -0.39 is 6.04 Å². The van der Waals surface area contributed by atoms with Gasteiger partial charge in [0.2, 0.25) is 5.91 Å². The topological polar surface area (TPSA) is 70.7 Å². The molecule has 4 rings (SSSR count). The maximum atomic E-state index is 13.0. The molecule has 0 aromatic heterocycles. The monoisotopic (exact) mass is 461 g/mol. The fourth-order valence-corrected chi connectivity index (χ4v) is 4.60. The van der Waals surface area contributed by atoms with Crippen LogP contribution in [0.15, 0.2) is 54.7 Å². The molecule has 1 fully saturated rings. The number of allylic oxidation sites excluding steroid dienone is 1. The highest BCUT2D eigenvalue weighted by molar-refractivity contribution is 6.02. The number of carbonyl (C=O) groups excluding carboxylic acids is 2. The average Bonchev–Trinajstić information content (AvgIpc) is 3.17. The minimum atomic E-state index is -0.467. The summed E-state index contributed by atoms with van der Waals surface area (Å²) in [6, 6.07) is 13.5. The predicted molar refractivity (Wildman–Crippen MR) is 133 cm³/mol. The van der Waals surface area contributed by atoms with Crippen LogP contribution in [0.4, 0.5) is 0 Å². The quantitative estimate of drug-likeness (QED) is 0.477. The summed E-state index contributed by atoms with van der Waals surface area (Å²) in [5.41, 5.74) is 4.53. The molecular weight excluding hydrogens is 426 g/mol. The number of nitrogens with zero attached hydrogens (tertiary/aromatic N) is 1. The highest BCUT2D eigenvalue weighted by atomic mass is 16.5. The second-order valence-electron chi connectivity index (χ2n) is 9.21. The number of nitrogens with one attached hydrogen (secondary N) is 2. The first kappa shape index (κ1) is 24.0. The van der Waals surface area contributed by atoms with E-state index in [0.29, 0.717) is 43.0 Å². The molecule has 0 saturated carbocycles. The molecule has 2 heterocycles. The van der Waals surface area contributed by atoms with Crippen molar-refractivity contribution < 1.29 is 14.3 Å². The molecule has 1 unspecified atom stereocenters. The Kier molecular flexibility index (Phi) is 8.01. The second kappa shape index (κ2) is 11.3. The predicted octanol–water partition coefficient (Wildman–Crippen LogP) is 4.68. The van der Waals surface area contributed by atoms with Crippen LogP contribution in [-0.2, 0) is 24.5 Å². The molecule has 0 spiro atoms. The highest BCUT2D eigenvalue weighted by Gasteiger charge is 2.39. The summed E-state index contributed by atoms with van der Waals surface area (Å²) in [6.45, 7) is 8.80. The van der Waals surface area contributed by atoms with Crippen molar-refractivity contribution in [3.05, 3.63) is 77.0 Å². The zero-order chi connectivity index (χ0) is 23.9. The number of benzene rings is 2. The van der Waals surface area contributed by atoms with Crippen molar-refractivity contribution >= 4 is 11.8 Å². The maximum absolute atomic E-state index is 13.0. The summed E-state index contributed by atoms with van der Waals surface area (Å²) in [5, 5.41) is 6.29. The molecule has 2 aliphatic rings. The van der Waals surface area contributed by atoms with Gasteiger partial charge in [-0.25, -0.2) is 0 Å². The molecule has 34 heavy (non-hydrogen) atoms. The van der Waals surface area contributed by atoms with Crippen molar-refractivity contribution in [1.82, 2.24) is 15.5 Å². The minimum Gasteiger partial charge on any atom is -0.489 e. The first-order chi connectivity index (χ1) is 16.6. The van der Waals surface area contributed by atoms with E-state index in [2.05, 4.69) is 48.4 Å². The summed E-state index contributed by atoms with van der Waals surface area (Å²) in [6.07, 6.45) is 6.36. The Morgan fingerprint density at radius 1 is 1.09 bits per heavy atom. The first-order valence-corrected chi connectivity index (χ1v) is 12.4. The number of amides is 2. The third kappa shape index (κ3) is 5.68. The van der Waals surface area contributed by atoms with E-state index in [1.807, 2.05) is 18.2 Å². The molecule has 1 atom stereocenters. The van der Waals surface area contributed by atoms with Gasteiger partial charge in [-0.2, -0.15) is 0 Å². The Morgan fingerprint density at radius 3 is 2.65 bits per heavy atom. The number of hydrogen-bond acceptors (Lipinski definition) is 4. The molecule has 180 valence electrons. The number of piperidine rings is 1. The third-order valence-corrected chi connectivity index (χ3v) is 6.60. The smallest absolute Gasteiger partial charge is 0.255 e. The summed E-state index contributed by atoms with van der Waals surface area (Å²) < 4.78 is 6.13. The van der Waals surface area contributed by atoms with Crippen LogP contribution in [0.5, 0.6) is 5.75 Å². The van der Waals surface area contributed by atoms with Crippen LogP contribution >= 0.6 is 0 Å². The normalized spacial score (nSPS) is 17.6. The largest absolute Gasteiger partial charge is 0.489 e. The zero-order valence-corrected chi connectivity index (χ0v) is 20.1. The minimum absolute atomic E-state index is 0.111. The Hall–Kier alpha value is -3.12. The lowest BCUT2D eigenvalue weighted by Gasteiger charge is -2.31. The molecule has 2 aliphatic heterocycles. The molecule has 0 aliphatic carbocycles. The lowest BCUT2D eigenvalue weighted by atomic mass is 10.0. The Balaban J connectivity index is 1.32. The lowest BCUT2D eigenvalue weighted by molar-refractivity contribution is -0.126. The van der Waals surface area contributed by atoms with Gasteiger partial charge < -0.3 is 20.3 Å². The van der Waals surface area contributed by atoms with E-state index in [-0.39, 0.29) is 11.8 Å². The van der Waals surface area contributed by atoms with Gasteiger partial charge in [-0.15, -0.1) is 0 Å². The van der Waals surface area contributed by atoms with Crippen molar-refractivity contribution in [1.29, 1.82) is 0 Å². The van der Waals surface area contributed by atoms with Gasteiger partial charge in [-0.1, -0.05) is 63.1 Å². The van der Waals surface area contributed by atoms with Gasteiger partial charge in [0.05, 0.1) is 6.54 Å². The van der Waals surface area contributed by atoms with Gasteiger partial charge in [0.15, 0.2) is 0 Å². The molecule has 2 aromatic rings. The molecule has 6 nitrogen and oxygen atoms in total. The van der Waals surface area contributed by atoms with Crippen LogP contribution in [0.1, 0.15) is 72.5 Å². The molecule has 2 aromatic carbocycles. The van der Waals surface area contributed by atoms with Gasteiger partial charge in [-0.3, -0.25) is 9.59 Å². The maximum Gasteiger partial charge on any atom is 0.255 e. The third-order valence-electron chi connectivity index (χ3n) is 6.60. The lowest BCUT2D eigenvalue weighted by Crippen LogP contribution is -2.49. The molecule has 0 bridgehead atoms. The van der Waals surface area contributed by atoms with Crippen molar-refractivity contribution in [2.45, 2.75) is 71.2 Å². The van der Waals surface area contributed by atoms with Gasteiger partial charge in [0.1, 0.15) is 18.4 Å². The number of unbranched alkanes of at least 4 members (excludes halogenated alkanes) is 3. The van der Waals surface area contributed by atoms with Crippen molar-refractivity contribution in [3.8, 4) is 5.75 Å². The van der Waals surface area contributed by atoms with Gasteiger partial charge in [0.25, 0.3) is 5.91 Å². The van der Waals surface area contributed by atoms with Crippen molar-refractivity contribution in [2.24, 2.45) is 0 Å². The van der Waals surface area contributed by atoms with Crippen molar-refractivity contribution in [2.75, 3.05) is 6.54 Å². The van der Waals surface area contributed by atoms with E-state index >= 15 is 0 Å². The van der Waals surface area contributed by atoms with Gasteiger partial charge in [0, 0.05) is 23.4 Å². The fourth-order valence-electron chi connectivity index (χ4n) is 4.60. The van der Waals surface area contributed by atoms with E-state index in [0.717, 1.165) is 24.2 Å². The summed E-state index contributed by atoms with van der Waals surface area (Å²) in [7, 11) is 0. The standard InChI is InChI=1S/C28H35N3O3/c1-3-4-5-6-16-29-17-21-11-13-22(14-12-21)19-34-26-9-7-8-23-24(26)18-31(28(23)33)25-15-10-20(2)30-27(25)32/h7-9,11-14,25,29H,2-6,10,15-19H2,1H3,(H,30,32).